The van der Waals surface area contributed by atoms with E-state index in [0.717, 1.165) is 22.0 Å². The average molecular weight is 265 g/mol. The van der Waals surface area contributed by atoms with Crippen LogP contribution in [0.15, 0.2) is 65.5 Å². The second-order valence-electron chi connectivity index (χ2n) is 4.84. The van der Waals surface area contributed by atoms with E-state index in [4.69, 9.17) is 0 Å². The van der Waals surface area contributed by atoms with Crippen LogP contribution in [-0.4, -0.2) is 10.1 Å². The molecule has 0 aliphatic heterocycles. The molecule has 3 rings (SSSR count). The number of H-pyrrole nitrogens is 1. The first kappa shape index (κ1) is 12.6. The molecule has 3 aromatic rings. The minimum atomic E-state index is -0.610. The van der Waals surface area contributed by atoms with Crippen molar-refractivity contribution in [2.75, 3.05) is 0 Å². The second-order valence-corrected chi connectivity index (χ2v) is 4.84. The number of nitrogens with one attached hydrogen (secondary N) is 1. The van der Waals surface area contributed by atoms with Crippen LogP contribution in [0.4, 0.5) is 0 Å². The largest absolute Gasteiger partial charge is 0.388 e. The van der Waals surface area contributed by atoms with Crippen LogP contribution < -0.4 is 5.56 Å². The van der Waals surface area contributed by atoms with Crippen molar-refractivity contribution in [3.05, 3.63) is 82.1 Å². The van der Waals surface area contributed by atoms with Gasteiger partial charge in [0.15, 0.2) is 0 Å². The van der Waals surface area contributed by atoms with Crippen LogP contribution in [0, 0.1) is 0 Å². The Bertz CT molecular complexity index is 778. The van der Waals surface area contributed by atoms with Gasteiger partial charge < -0.3 is 10.1 Å². The Morgan fingerprint density at radius 3 is 2.50 bits per heavy atom. The summed E-state index contributed by atoms with van der Waals surface area (Å²) in [6.45, 7) is 0. The van der Waals surface area contributed by atoms with Crippen molar-refractivity contribution in [2.45, 2.75) is 12.5 Å². The zero-order valence-corrected chi connectivity index (χ0v) is 10.9. The van der Waals surface area contributed by atoms with E-state index < -0.39 is 6.10 Å². The monoisotopic (exact) mass is 265 g/mol. The SMILES string of the molecule is O=c1cc(CC(O)c2ccccc2)c2ccccc2[nH]1. The first-order valence-electron chi connectivity index (χ1n) is 6.58. The molecule has 100 valence electrons. The van der Waals surface area contributed by atoms with E-state index >= 15 is 0 Å². The molecule has 3 nitrogen and oxygen atoms in total. The van der Waals surface area contributed by atoms with Gasteiger partial charge in [-0.1, -0.05) is 48.5 Å². The predicted octanol–water partition coefficient (Wildman–Crippen LogP) is 2.80. The molecule has 0 spiro atoms. The fraction of sp³-hybridized carbons (Fsp3) is 0.118. The number of pyridine rings is 1. The van der Waals surface area contributed by atoms with Crippen molar-refractivity contribution in [2.24, 2.45) is 0 Å². The average Bonchev–Trinajstić information content (AvgIpc) is 2.48. The van der Waals surface area contributed by atoms with Gasteiger partial charge >= 0.3 is 0 Å². The number of aliphatic hydroxyl groups is 1. The maximum absolute atomic E-state index is 11.7. The van der Waals surface area contributed by atoms with Crippen LogP contribution in [0.25, 0.3) is 10.9 Å². The summed E-state index contributed by atoms with van der Waals surface area (Å²) in [7, 11) is 0. The lowest BCUT2D eigenvalue weighted by Crippen LogP contribution is -2.09. The summed E-state index contributed by atoms with van der Waals surface area (Å²) in [5.41, 5.74) is 2.38. The Labute approximate surface area is 116 Å². The minimum absolute atomic E-state index is 0.140. The van der Waals surface area contributed by atoms with Gasteiger partial charge in [0, 0.05) is 23.4 Å². The zero-order valence-electron chi connectivity index (χ0n) is 10.9. The van der Waals surface area contributed by atoms with E-state index in [0.29, 0.717) is 6.42 Å². The Kier molecular flexibility index (Phi) is 3.35. The molecule has 2 N–H and O–H groups in total. The third-order valence-corrected chi connectivity index (χ3v) is 3.43. The van der Waals surface area contributed by atoms with E-state index in [1.54, 1.807) is 6.07 Å². The minimum Gasteiger partial charge on any atom is -0.388 e. The summed E-state index contributed by atoms with van der Waals surface area (Å²) < 4.78 is 0. The van der Waals surface area contributed by atoms with Gasteiger partial charge in [-0.2, -0.15) is 0 Å². The Balaban J connectivity index is 2.01. The molecule has 0 radical (unpaired) electrons. The van der Waals surface area contributed by atoms with Gasteiger partial charge in [-0.15, -0.1) is 0 Å². The molecule has 1 aromatic heterocycles. The summed E-state index contributed by atoms with van der Waals surface area (Å²) >= 11 is 0. The maximum atomic E-state index is 11.7. The van der Waals surface area contributed by atoms with Gasteiger partial charge in [-0.25, -0.2) is 0 Å². The number of rotatable bonds is 3. The molecule has 0 fully saturated rings. The van der Waals surface area contributed by atoms with E-state index in [1.165, 1.54) is 0 Å². The highest BCUT2D eigenvalue weighted by molar-refractivity contribution is 5.81. The molecule has 1 unspecified atom stereocenters. The summed E-state index contributed by atoms with van der Waals surface area (Å²) in [6, 6.07) is 18.7. The van der Waals surface area contributed by atoms with E-state index in [-0.39, 0.29) is 5.56 Å². The van der Waals surface area contributed by atoms with Crippen LogP contribution in [-0.2, 0) is 6.42 Å². The number of fused-ring (bicyclic) bond motifs is 1. The van der Waals surface area contributed by atoms with Crippen molar-refractivity contribution in [1.29, 1.82) is 0 Å². The summed E-state index contributed by atoms with van der Waals surface area (Å²) in [5, 5.41) is 11.3. The number of hydrogen-bond acceptors (Lipinski definition) is 2. The lowest BCUT2D eigenvalue weighted by molar-refractivity contribution is 0.179. The molecule has 0 amide bonds. The molecule has 0 aliphatic rings. The first-order valence-corrected chi connectivity index (χ1v) is 6.58. The summed E-state index contributed by atoms with van der Waals surface area (Å²) in [4.78, 5) is 14.5. The quantitative estimate of drug-likeness (QED) is 0.765. The molecule has 3 heteroatoms. The lowest BCUT2D eigenvalue weighted by Gasteiger charge is -2.12. The number of aliphatic hydroxyl groups excluding tert-OH is 1. The van der Waals surface area contributed by atoms with Crippen LogP contribution in [0.5, 0.6) is 0 Å². The summed E-state index contributed by atoms with van der Waals surface area (Å²) in [5.74, 6) is 0. The molecular weight excluding hydrogens is 250 g/mol. The standard InChI is InChI=1S/C17H15NO2/c19-16(12-6-2-1-3-7-12)10-13-11-17(20)18-15-9-5-4-8-14(13)15/h1-9,11,16,19H,10H2,(H,18,20). The molecule has 20 heavy (non-hydrogen) atoms. The Morgan fingerprint density at radius 2 is 1.70 bits per heavy atom. The number of hydrogen-bond donors (Lipinski definition) is 2. The Morgan fingerprint density at radius 1 is 1.00 bits per heavy atom. The number of para-hydroxylation sites is 1. The number of benzene rings is 2. The molecule has 0 bridgehead atoms. The maximum Gasteiger partial charge on any atom is 0.248 e. The smallest absolute Gasteiger partial charge is 0.248 e. The molecule has 0 aliphatic carbocycles. The molecule has 1 atom stereocenters. The van der Waals surface area contributed by atoms with E-state index in [1.807, 2.05) is 54.6 Å². The fourth-order valence-corrected chi connectivity index (χ4v) is 2.45. The zero-order chi connectivity index (χ0) is 13.9. The van der Waals surface area contributed by atoms with Gasteiger partial charge in [-0.3, -0.25) is 4.79 Å². The van der Waals surface area contributed by atoms with Gasteiger partial charge in [0.2, 0.25) is 5.56 Å². The van der Waals surface area contributed by atoms with Crippen molar-refractivity contribution in [3.63, 3.8) is 0 Å². The first-order chi connectivity index (χ1) is 9.74. The van der Waals surface area contributed by atoms with E-state index in [9.17, 15) is 9.90 Å². The topological polar surface area (TPSA) is 53.1 Å². The molecule has 2 aromatic carbocycles. The summed E-state index contributed by atoms with van der Waals surface area (Å²) in [6.07, 6.45) is -0.185. The van der Waals surface area contributed by atoms with Crippen molar-refractivity contribution in [3.8, 4) is 0 Å². The highest BCUT2D eigenvalue weighted by Crippen LogP contribution is 2.22. The van der Waals surface area contributed by atoms with E-state index in [2.05, 4.69) is 4.98 Å². The van der Waals surface area contributed by atoms with Gasteiger partial charge in [-0.05, 0) is 17.2 Å². The fourth-order valence-electron chi connectivity index (χ4n) is 2.45. The van der Waals surface area contributed by atoms with Crippen LogP contribution in [0.3, 0.4) is 0 Å². The third kappa shape index (κ3) is 2.49. The highest BCUT2D eigenvalue weighted by atomic mass is 16.3. The van der Waals surface area contributed by atoms with Crippen LogP contribution in [0.1, 0.15) is 17.2 Å². The van der Waals surface area contributed by atoms with Crippen LogP contribution in [0.2, 0.25) is 0 Å². The van der Waals surface area contributed by atoms with Crippen molar-refractivity contribution >= 4 is 10.9 Å². The normalized spacial score (nSPS) is 12.4. The molecule has 0 saturated heterocycles. The molecule has 0 saturated carbocycles. The van der Waals surface area contributed by atoms with Gasteiger partial charge in [0.25, 0.3) is 0 Å². The number of aromatic nitrogens is 1. The third-order valence-electron chi connectivity index (χ3n) is 3.43. The van der Waals surface area contributed by atoms with Gasteiger partial charge in [0.1, 0.15) is 0 Å². The van der Waals surface area contributed by atoms with Crippen molar-refractivity contribution in [1.82, 2.24) is 4.98 Å². The Hall–Kier alpha value is -2.39. The second kappa shape index (κ2) is 5.31. The van der Waals surface area contributed by atoms with Crippen LogP contribution >= 0.6 is 0 Å². The molecular formula is C17H15NO2. The lowest BCUT2D eigenvalue weighted by atomic mass is 9.99. The van der Waals surface area contributed by atoms with Gasteiger partial charge in [0.05, 0.1) is 6.10 Å². The highest BCUT2D eigenvalue weighted by Gasteiger charge is 2.11. The predicted molar refractivity (Wildman–Crippen MR) is 79.7 cm³/mol. The number of aromatic amines is 1. The van der Waals surface area contributed by atoms with Crippen molar-refractivity contribution < 1.29 is 5.11 Å². The molecule has 1 heterocycles.